The standard InChI is InChI=1S/C20H20FN3O2.2C2H6/c21-16-6-8-17(9-7-16)24-19(26)22-18(25)20(24)10-12-23(13-11-20)14-15-4-2-1-3-5-15;2*1-2/h1-9H,10-14H2,(H,22,25,26);2*1-2H3. The zero-order chi connectivity index (χ0) is 22.1. The van der Waals surface area contributed by atoms with Crippen LogP contribution in [-0.4, -0.2) is 35.5 Å². The van der Waals surface area contributed by atoms with Crippen LogP contribution in [0.4, 0.5) is 14.9 Å². The van der Waals surface area contributed by atoms with Crippen molar-refractivity contribution in [1.82, 2.24) is 10.2 Å². The lowest BCUT2D eigenvalue weighted by Gasteiger charge is -2.42. The molecule has 0 aliphatic carbocycles. The normalized spacial score (nSPS) is 17.6. The number of halogens is 1. The van der Waals surface area contributed by atoms with E-state index in [0.717, 1.165) is 6.54 Å². The van der Waals surface area contributed by atoms with Gasteiger partial charge in [-0.3, -0.25) is 19.9 Å². The van der Waals surface area contributed by atoms with E-state index in [0.29, 0.717) is 31.6 Å². The molecule has 0 saturated carbocycles. The largest absolute Gasteiger partial charge is 0.329 e. The second-order valence-electron chi connectivity index (χ2n) is 6.86. The lowest BCUT2D eigenvalue weighted by Crippen LogP contribution is -2.56. The van der Waals surface area contributed by atoms with Crippen LogP contribution in [0.5, 0.6) is 0 Å². The molecule has 6 heteroatoms. The summed E-state index contributed by atoms with van der Waals surface area (Å²) in [5, 5.41) is 2.44. The molecule has 2 aromatic carbocycles. The lowest BCUT2D eigenvalue weighted by atomic mass is 9.85. The van der Waals surface area contributed by atoms with Gasteiger partial charge in [0.2, 0.25) is 0 Å². The molecule has 1 spiro atoms. The molecule has 2 aromatic rings. The summed E-state index contributed by atoms with van der Waals surface area (Å²) in [4.78, 5) is 28.8. The molecule has 0 aromatic heterocycles. The van der Waals surface area contributed by atoms with Gasteiger partial charge >= 0.3 is 6.03 Å². The third-order valence-electron chi connectivity index (χ3n) is 5.29. The van der Waals surface area contributed by atoms with Crippen molar-refractivity contribution in [1.29, 1.82) is 0 Å². The number of benzene rings is 2. The van der Waals surface area contributed by atoms with Crippen molar-refractivity contribution in [3.05, 3.63) is 66.0 Å². The number of imide groups is 1. The second kappa shape index (κ2) is 10.9. The molecule has 30 heavy (non-hydrogen) atoms. The summed E-state index contributed by atoms with van der Waals surface area (Å²) >= 11 is 0. The monoisotopic (exact) mass is 413 g/mol. The summed E-state index contributed by atoms with van der Waals surface area (Å²) in [6.07, 6.45) is 1.10. The third kappa shape index (κ3) is 4.87. The van der Waals surface area contributed by atoms with E-state index in [4.69, 9.17) is 0 Å². The summed E-state index contributed by atoms with van der Waals surface area (Å²) in [6.45, 7) is 10.3. The molecule has 2 saturated heterocycles. The lowest BCUT2D eigenvalue weighted by molar-refractivity contribution is -0.124. The number of piperidine rings is 1. The molecule has 162 valence electrons. The molecule has 5 nitrogen and oxygen atoms in total. The maximum atomic E-state index is 13.2. The molecule has 0 bridgehead atoms. The predicted octanol–water partition coefficient (Wildman–Crippen LogP) is 4.97. The smallest absolute Gasteiger partial charge is 0.299 e. The molecule has 0 unspecified atom stereocenters. The molecule has 3 amide bonds. The number of carbonyl (C=O) groups is 2. The zero-order valence-electron chi connectivity index (χ0n) is 18.3. The first kappa shape index (κ1) is 23.5. The van der Waals surface area contributed by atoms with Gasteiger partial charge < -0.3 is 0 Å². The van der Waals surface area contributed by atoms with Crippen molar-refractivity contribution in [2.75, 3.05) is 18.0 Å². The number of carbonyl (C=O) groups excluding carboxylic acids is 2. The minimum absolute atomic E-state index is 0.258. The first-order chi connectivity index (χ1) is 14.6. The number of hydrogen-bond donors (Lipinski definition) is 1. The van der Waals surface area contributed by atoms with Crippen molar-refractivity contribution in [3.63, 3.8) is 0 Å². The van der Waals surface area contributed by atoms with Gasteiger partial charge in [0.15, 0.2) is 0 Å². The second-order valence-corrected chi connectivity index (χ2v) is 6.86. The Morgan fingerprint density at radius 1 is 0.900 bits per heavy atom. The van der Waals surface area contributed by atoms with E-state index < -0.39 is 11.6 Å². The average molecular weight is 414 g/mol. The van der Waals surface area contributed by atoms with Crippen LogP contribution in [0.2, 0.25) is 0 Å². The zero-order valence-corrected chi connectivity index (χ0v) is 18.3. The maximum Gasteiger partial charge on any atom is 0.329 e. The molecule has 4 rings (SSSR count). The summed E-state index contributed by atoms with van der Waals surface area (Å²) < 4.78 is 13.2. The number of likely N-dealkylation sites (tertiary alicyclic amines) is 1. The Kier molecular flexibility index (Phi) is 8.54. The van der Waals surface area contributed by atoms with Gasteiger partial charge in [-0.25, -0.2) is 9.18 Å². The van der Waals surface area contributed by atoms with Gasteiger partial charge in [-0.05, 0) is 42.7 Å². The number of urea groups is 1. The molecule has 0 atom stereocenters. The molecular weight excluding hydrogens is 381 g/mol. The van der Waals surface area contributed by atoms with Crippen molar-refractivity contribution in [3.8, 4) is 0 Å². The minimum Gasteiger partial charge on any atom is -0.299 e. The number of anilines is 1. The maximum absolute atomic E-state index is 13.2. The van der Waals surface area contributed by atoms with Crippen LogP contribution in [0.1, 0.15) is 46.1 Å². The Balaban J connectivity index is 0.000000757. The fourth-order valence-electron chi connectivity index (χ4n) is 3.89. The van der Waals surface area contributed by atoms with Crippen molar-refractivity contribution < 1.29 is 14.0 Å². The highest BCUT2D eigenvalue weighted by atomic mass is 19.1. The highest BCUT2D eigenvalue weighted by molar-refractivity contribution is 6.17. The Bertz CT molecular complexity index is 816. The van der Waals surface area contributed by atoms with Crippen LogP contribution >= 0.6 is 0 Å². The summed E-state index contributed by atoms with van der Waals surface area (Å²) in [5.74, 6) is -0.627. The molecule has 2 fully saturated rings. The Morgan fingerprint density at radius 3 is 2.03 bits per heavy atom. The number of nitrogens with one attached hydrogen (secondary N) is 1. The van der Waals surface area contributed by atoms with Gasteiger partial charge in [-0.15, -0.1) is 0 Å². The Morgan fingerprint density at radius 2 is 1.47 bits per heavy atom. The van der Waals surface area contributed by atoms with Crippen LogP contribution in [0.15, 0.2) is 54.6 Å². The molecule has 0 radical (unpaired) electrons. The number of rotatable bonds is 3. The fourth-order valence-corrected chi connectivity index (χ4v) is 3.89. The number of amides is 3. The quantitative estimate of drug-likeness (QED) is 0.723. The van der Waals surface area contributed by atoms with Gasteiger partial charge in [0, 0.05) is 25.3 Å². The molecule has 2 heterocycles. The van der Waals surface area contributed by atoms with Crippen LogP contribution in [0.3, 0.4) is 0 Å². The molecule has 1 N–H and O–H groups in total. The van der Waals surface area contributed by atoms with Gasteiger partial charge in [0.25, 0.3) is 5.91 Å². The van der Waals surface area contributed by atoms with E-state index in [2.05, 4.69) is 22.3 Å². The highest BCUT2D eigenvalue weighted by Crippen LogP contribution is 2.37. The van der Waals surface area contributed by atoms with Crippen molar-refractivity contribution >= 4 is 17.6 Å². The number of nitrogens with zero attached hydrogens (tertiary/aromatic N) is 2. The highest BCUT2D eigenvalue weighted by Gasteiger charge is 2.54. The third-order valence-corrected chi connectivity index (χ3v) is 5.29. The Labute approximate surface area is 178 Å². The topological polar surface area (TPSA) is 52.7 Å². The van der Waals surface area contributed by atoms with E-state index in [1.54, 1.807) is 12.1 Å². The first-order valence-electron chi connectivity index (χ1n) is 10.8. The summed E-state index contributed by atoms with van der Waals surface area (Å²) in [7, 11) is 0. The fraction of sp³-hybridized carbons (Fsp3) is 0.417. The molecule has 2 aliphatic heterocycles. The predicted molar refractivity (Wildman–Crippen MR) is 119 cm³/mol. The van der Waals surface area contributed by atoms with Crippen LogP contribution < -0.4 is 10.2 Å². The van der Waals surface area contributed by atoms with Gasteiger partial charge in [0.1, 0.15) is 11.4 Å². The first-order valence-corrected chi connectivity index (χ1v) is 10.8. The van der Waals surface area contributed by atoms with Crippen LogP contribution in [0, 0.1) is 5.82 Å². The Hall–Kier alpha value is -2.73. The van der Waals surface area contributed by atoms with E-state index in [-0.39, 0.29) is 11.7 Å². The van der Waals surface area contributed by atoms with Gasteiger partial charge in [0.05, 0.1) is 0 Å². The summed E-state index contributed by atoms with van der Waals surface area (Å²) in [6, 6.07) is 15.5. The average Bonchev–Trinajstić information content (AvgIpc) is 3.03. The number of hydrogen-bond acceptors (Lipinski definition) is 3. The van der Waals surface area contributed by atoms with E-state index in [9.17, 15) is 14.0 Å². The van der Waals surface area contributed by atoms with Crippen molar-refractivity contribution in [2.24, 2.45) is 0 Å². The minimum atomic E-state index is -0.887. The van der Waals surface area contributed by atoms with E-state index >= 15 is 0 Å². The van der Waals surface area contributed by atoms with Crippen LogP contribution in [-0.2, 0) is 11.3 Å². The summed E-state index contributed by atoms with van der Waals surface area (Å²) in [5.41, 5.74) is 0.888. The molecule has 2 aliphatic rings. The van der Waals surface area contributed by atoms with Crippen molar-refractivity contribution in [2.45, 2.75) is 52.6 Å². The van der Waals surface area contributed by atoms with Crippen LogP contribution in [0.25, 0.3) is 0 Å². The van der Waals surface area contributed by atoms with Gasteiger partial charge in [-0.2, -0.15) is 0 Å². The van der Waals surface area contributed by atoms with Gasteiger partial charge in [-0.1, -0.05) is 58.0 Å². The van der Waals surface area contributed by atoms with E-state index in [1.165, 1.54) is 22.6 Å². The SMILES string of the molecule is CC.CC.O=C1NC(=O)C2(CCN(Cc3ccccc3)CC2)N1c1ccc(F)cc1. The van der Waals surface area contributed by atoms with E-state index in [1.807, 2.05) is 45.9 Å². The molecular formula is C24H32FN3O2.